The second kappa shape index (κ2) is 8.43. The molecule has 0 N–H and O–H groups in total. The fourth-order valence-electron chi connectivity index (χ4n) is 0.250. The van der Waals surface area contributed by atoms with Crippen LogP contribution in [0.15, 0.2) is 0 Å². The fourth-order valence-corrected chi connectivity index (χ4v) is 2.25. The molecule has 0 fully saturated rings. The van der Waals surface area contributed by atoms with Gasteiger partial charge in [0.2, 0.25) is 0 Å². The maximum atomic E-state index is 2.29. The maximum absolute atomic E-state index is 2.29. The summed E-state index contributed by atoms with van der Waals surface area (Å²) >= 11 is 1.94. The van der Waals surface area contributed by atoms with Gasteiger partial charge in [-0.2, -0.15) is 11.8 Å². The van der Waals surface area contributed by atoms with Gasteiger partial charge in [0, 0.05) is 5.75 Å². The van der Waals surface area contributed by atoms with Crippen LogP contribution in [0.4, 0.5) is 0 Å². The van der Waals surface area contributed by atoms with Crippen molar-refractivity contribution in [1.29, 1.82) is 0 Å². The monoisotopic (exact) mass is 264 g/mol. The van der Waals surface area contributed by atoms with E-state index < -0.39 is 0 Å². The summed E-state index contributed by atoms with van der Waals surface area (Å²) in [7, 11) is 0.664. The Hall–Kier alpha value is 1.43. The van der Waals surface area contributed by atoms with Gasteiger partial charge in [0.05, 0.1) is 12.5 Å². The van der Waals surface area contributed by atoms with Crippen LogP contribution in [-0.4, -0.2) is 30.3 Å². The summed E-state index contributed by atoms with van der Waals surface area (Å²) in [6.45, 7) is 0. The number of halogens is 1. The molecule has 0 bridgehead atoms. The van der Waals surface area contributed by atoms with Crippen molar-refractivity contribution in [2.24, 2.45) is 0 Å². The van der Waals surface area contributed by atoms with Gasteiger partial charge in [-0.05, 0) is 17.2 Å². The highest BCUT2D eigenvalue weighted by atomic mass is 127. The summed E-state index contributed by atoms with van der Waals surface area (Å²) in [6.07, 6.45) is 6.74. The van der Waals surface area contributed by atoms with Crippen LogP contribution in [0, 0.1) is 0 Å². The molecule has 0 aromatic heterocycles. The Labute approximate surface area is 76.6 Å². The minimum Gasteiger partial charge on any atom is -1.00 e. The van der Waals surface area contributed by atoms with Crippen molar-refractivity contribution in [3.05, 3.63) is 0 Å². The molecule has 0 aliphatic rings. The zero-order valence-electron chi connectivity index (χ0n) is 5.61. The van der Waals surface area contributed by atoms with Crippen molar-refractivity contribution < 1.29 is 24.0 Å². The Kier molecular flexibility index (Phi) is 12.8. The van der Waals surface area contributed by atoms with Crippen molar-refractivity contribution in [3.63, 3.8) is 0 Å². The molecule has 0 spiro atoms. The molecule has 0 saturated heterocycles. The molecule has 0 radical (unpaired) electrons. The molecule has 0 unspecified atom stereocenters. The molecule has 0 amide bonds. The van der Waals surface area contributed by atoms with E-state index in [1.807, 2.05) is 11.8 Å². The first kappa shape index (κ1) is 12.1. The van der Waals surface area contributed by atoms with Gasteiger partial charge in [-0.25, -0.2) is 0 Å². The highest BCUT2D eigenvalue weighted by Gasteiger charge is 1.97. The van der Waals surface area contributed by atoms with Crippen molar-refractivity contribution >= 4 is 22.7 Å². The predicted molar refractivity (Wildman–Crippen MR) is 42.5 cm³/mol. The molecule has 0 aromatic rings. The van der Waals surface area contributed by atoms with Gasteiger partial charge in [0.1, 0.15) is 5.75 Å². The third kappa shape index (κ3) is 10.4. The van der Waals surface area contributed by atoms with Gasteiger partial charge in [0.25, 0.3) is 0 Å². The first-order chi connectivity index (χ1) is 3.27. The summed E-state index contributed by atoms with van der Waals surface area (Å²) in [5, 5.41) is 0. The topological polar surface area (TPSA) is 0 Å². The highest BCUT2D eigenvalue weighted by molar-refractivity contribution is 8.00. The van der Waals surface area contributed by atoms with E-state index in [2.05, 4.69) is 18.8 Å². The van der Waals surface area contributed by atoms with E-state index in [4.69, 9.17) is 0 Å². The number of hydrogen-bond donors (Lipinski definition) is 0. The van der Waals surface area contributed by atoms with Crippen LogP contribution in [0.5, 0.6) is 0 Å². The smallest absolute Gasteiger partial charge is 0.116 e. The molecule has 52 valence electrons. The lowest BCUT2D eigenvalue weighted by Crippen LogP contribution is -3.00. The molecule has 0 nitrogen and oxygen atoms in total. The Balaban J connectivity index is 0. The van der Waals surface area contributed by atoms with Crippen molar-refractivity contribution in [3.8, 4) is 0 Å². The molecule has 0 atom stereocenters. The Morgan fingerprint density at radius 1 is 1.38 bits per heavy atom. The van der Waals surface area contributed by atoms with E-state index in [1.54, 1.807) is 0 Å². The zero-order valence-corrected chi connectivity index (χ0v) is 9.40. The molecular weight excluding hydrogens is 251 g/mol. The Morgan fingerprint density at radius 3 is 2.00 bits per heavy atom. The fraction of sp³-hybridized carbons (Fsp3) is 1.00. The lowest BCUT2D eigenvalue weighted by Gasteiger charge is -1.90. The second-order valence-electron chi connectivity index (χ2n) is 1.68. The molecule has 0 heterocycles. The lowest BCUT2D eigenvalue weighted by molar-refractivity contribution is -0.00000164. The van der Waals surface area contributed by atoms with Gasteiger partial charge >= 0.3 is 0 Å². The van der Waals surface area contributed by atoms with E-state index in [-0.39, 0.29) is 24.0 Å². The molecule has 0 rings (SSSR count). The van der Waals surface area contributed by atoms with Crippen LogP contribution in [-0.2, 0) is 10.9 Å². The first-order valence-corrected chi connectivity index (χ1v) is 5.91. The molecule has 0 aliphatic heterocycles. The molecular formula is C5H13IS2. The molecule has 0 aliphatic carbocycles. The van der Waals surface area contributed by atoms with E-state index in [9.17, 15) is 0 Å². The molecule has 0 saturated carbocycles. The van der Waals surface area contributed by atoms with Crippen molar-refractivity contribution in [2.45, 2.75) is 0 Å². The van der Waals surface area contributed by atoms with Gasteiger partial charge in [-0.15, -0.1) is 0 Å². The number of hydrogen-bond acceptors (Lipinski definition) is 1. The van der Waals surface area contributed by atoms with Gasteiger partial charge < -0.3 is 24.0 Å². The standard InChI is InChI=1S/C5H13S2.HI/c1-6-4-5-7(2)3;/h4-5H2,1-3H3;1H/q+1;/p-1. The highest BCUT2D eigenvalue weighted by Crippen LogP contribution is 1.93. The third-order valence-corrected chi connectivity index (χ3v) is 2.59. The predicted octanol–water partition coefficient (Wildman–Crippen LogP) is -1.77. The van der Waals surface area contributed by atoms with Crippen LogP contribution in [0.3, 0.4) is 0 Å². The Morgan fingerprint density at radius 2 is 1.88 bits per heavy atom. The van der Waals surface area contributed by atoms with E-state index in [0.717, 1.165) is 0 Å². The van der Waals surface area contributed by atoms with E-state index in [0.29, 0.717) is 10.9 Å². The third-order valence-electron chi connectivity index (χ3n) is 0.696. The summed E-state index contributed by atoms with van der Waals surface area (Å²) in [6, 6.07) is 0. The quantitative estimate of drug-likeness (QED) is 0.429. The van der Waals surface area contributed by atoms with Crippen molar-refractivity contribution in [1.82, 2.24) is 0 Å². The largest absolute Gasteiger partial charge is 1.00 e. The average Bonchev–Trinajstić information content (AvgIpc) is 1.61. The molecule has 0 aromatic carbocycles. The van der Waals surface area contributed by atoms with Crippen molar-refractivity contribution in [2.75, 3.05) is 30.3 Å². The minimum absolute atomic E-state index is 0. The summed E-state index contributed by atoms with van der Waals surface area (Å²) < 4.78 is 0. The maximum Gasteiger partial charge on any atom is 0.116 e. The van der Waals surface area contributed by atoms with E-state index in [1.165, 1.54) is 11.5 Å². The average molecular weight is 264 g/mol. The summed E-state index contributed by atoms with van der Waals surface area (Å²) in [4.78, 5) is 0. The Bertz CT molecular complexity index is 39.4. The lowest BCUT2D eigenvalue weighted by atomic mass is 11.0. The number of rotatable bonds is 3. The van der Waals surface area contributed by atoms with Crippen LogP contribution in [0.1, 0.15) is 0 Å². The summed E-state index contributed by atoms with van der Waals surface area (Å²) in [5.74, 6) is 2.72. The van der Waals surface area contributed by atoms with Crippen LogP contribution in [0.25, 0.3) is 0 Å². The summed E-state index contributed by atoms with van der Waals surface area (Å²) in [5.41, 5.74) is 0. The second-order valence-corrected chi connectivity index (χ2v) is 5.05. The zero-order chi connectivity index (χ0) is 5.70. The minimum atomic E-state index is 0. The first-order valence-electron chi connectivity index (χ1n) is 2.30. The molecule has 8 heavy (non-hydrogen) atoms. The van der Waals surface area contributed by atoms with Crippen LogP contribution < -0.4 is 24.0 Å². The number of thioether (sulfide) groups is 1. The normalized spacial score (nSPS) is 9.00. The van der Waals surface area contributed by atoms with Crippen LogP contribution in [0.2, 0.25) is 0 Å². The van der Waals surface area contributed by atoms with Gasteiger partial charge in [-0.1, -0.05) is 0 Å². The van der Waals surface area contributed by atoms with Crippen LogP contribution >= 0.6 is 11.8 Å². The van der Waals surface area contributed by atoms with E-state index >= 15 is 0 Å². The van der Waals surface area contributed by atoms with Gasteiger partial charge in [0.15, 0.2) is 0 Å². The molecule has 3 heteroatoms. The van der Waals surface area contributed by atoms with Gasteiger partial charge in [-0.3, -0.25) is 0 Å². The SMILES string of the molecule is CSCC[S+](C)C.[I-].